The molecule has 20 heavy (non-hydrogen) atoms. The van der Waals surface area contributed by atoms with E-state index in [1.165, 1.54) is 0 Å². The van der Waals surface area contributed by atoms with Crippen molar-refractivity contribution < 1.29 is 14.9 Å². The van der Waals surface area contributed by atoms with Gasteiger partial charge >= 0.3 is 0 Å². The monoisotopic (exact) mass is 281 g/mol. The molecule has 1 aromatic rings. The van der Waals surface area contributed by atoms with Crippen LogP contribution in [-0.2, 0) is 0 Å². The van der Waals surface area contributed by atoms with E-state index in [0.717, 1.165) is 16.9 Å². The molecule has 0 saturated heterocycles. The Bertz CT molecular complexity index is 398. The quantitative estimate of drug-likeness (QED) is 0.680. The van der Waals surface area contributed by atoms with Gasteiger partial charge in [0.25, 0.3) is 0 Å². The predicted molar refractivity (Wildman–Crippen MR) is 81.2 cm³/mol. The molecule has 0 saturated carbocycles. The summed E-state index contributed by atoms with van der Waals surface area (Å²) in [6, 6.07) is 5.99. The fourth-order valence-electron chi connectivity index (χ4n) is 1.90. The van der Waals surface area contributed by atoms with Gasteiger partial charge in [0.1, 0.15) is 18.5 Å². The lowest BCUT2D eigenvalue weighted by atomic mass is 10.0. The molecule has 0 aliphatic rings. The summed E-state index contributed by atoms with van der Waals surface area (Å²) < 4.78 is 5.59. The van der Waals surface area contributed by atoms with Crippen LogP contribution in [0.4, 0.5) is 0 Å². The van der Waals surface area contributed by atoms with Crippen LogP contribution in [0, 0.1) is 13.8 Å². The van der Waals surface area contributed by atoms with Gasteiger partial charge in [0.15, 0.2) is 0 Å². The first-order valence-corrected chi connectivity index (χ1v) is 7.14. The van der Waals surface area contributed by atoms with Crippen molar-refractivity contribution in [2.45, 2.75) is 45.8 Å². The van der Waals surface area contributed by atoms with Gasteiger partial charge in [-0.25, -0.2) is 0 Å². The van der Waals surface area contributed by atoms with Gasteiger partial charge in [-0.2, -0.15) is 0 Å². The van der Waals surface area contributed by atoms with Crippen LogP contribution in [0.5, 0.6) is 5.75 Å². The molecule has 0 heterocycles. The zero-order valence-electron chi connectivity index (χ0n) is 12.9. The number of rotatable bonds is 8. The largest absolute Gasteiger partial charge is 0.491 e. The second kappa shape index (κ2) is 7.62. The van der Waals surface area contributed by atoms with Crippen molar-refractivity contribution in [2.24, 2.45) is 0 Å². The van der Waals surface area contributed by atoms with Crippen molar-refractivity contribution >= 4 is 0 Å². The van der Waals surface area contributed by atoms with Gasteiger partial charge in [-0.15, -0.1) is 0 Å². The summed E-state index contributed by atoms with van der Waals surface area (Å²) in [7, 11) is 0. The van der Waals surface area contributed by atoms with Gasteiger partial charge in [0, 0.05) is 13.1 Å². The van der Waals surface area contributed by atoms with Gasteiger partial charge in [0.05, 0.1) is 5.60 Å². The third-order valence-corrected chi connectivity index (χ3v) is 3.29. The summed E-state index contributed by atoms with van der Waals surface area (Å²) in [5.41, 5.74) is 1.56. The number of nitrogens with one attached hydrogen (secondary N) is 1. The Hall–Kier alpha value is -1.10. The van der Waals surface area contributed by atoms with E-state index in [-0.39, 0.29) is 6.61 Å². The molecule has 2 atom stereocenters. The van der Waals surface area contributed by atoms with E-state index in [0.29, 0.717) is 19.5 Å². The summed E-state index contributed by atoms with van der Waals surface area (Å²) in [5.74, 6) is 0.780. The number of hydrogen-bond acceptors (Lipinski definition) is 4. The molecule has 4 heteroatoms. The summed E-state index contributed by atoms with van der Waals surface area (Å²) in [4.78, 5) is 0. The summed E-state index contributed by atoms with van der Waals surface area (Å²) in [6.45, 7) is 8.85. The zero-order valence-corrected chi connectivity index (χ0v) is 12.9. The maximum absolute atomic E-state index is 9.85. The molecule has 0 aliphatic heterocycles. The first-order chi connectivity index (χ1) is 9.32. The van der Waals surface area contributed by atoms with E-state index < -0.39 is 11.7 Å². The molecule has 0 aromatic heterocycles. The minimum absolute atomic E-state index is 0.240. The van der Waals surface area contributed by atoms with Gasteiger partial charge in [-0.05, 0) is 50.5 Å². The molecule has 4 nitrogen and oxygen atoms in total. The number of aliphatic hydroxyl groups is 2. The molecule has 0 spiro atoms. The second-order valence-corrected chi connectivity index (χ2v) is 5.77. The lowest BCUT2D eigenvalue weighted by Gasteiger charge is -2.22. The van der Waals surface area contributed by atoms with Gasteiger partial charge in [0.2, 0.25) is 0 Å². The van der Waals surface area contributed by atoms with Crippen molar-refractivity contribution in [1.29, 1.82) is 0 Å². The number of aliphatic hydroxyl groups excluding tert-OH is 1. The van der Waals surface area contributed by atoms with Crippen molar-refractivity contribution in [1.82, 2.24) is 5.32 Å². The molecule has 0 amide bonds. The van der Waals surface area contributed by atoms with Crippen LogP contribution < -0.4 is 10.1 Å². The minimum atomic E-state index is -0.728. The maximum atomic E-state index is 9.85. The van der Waals surface area contributed by atoms with Crippen LogP contribution in [0.25, 0.3) is 0 Å². The number of ether oxygens (including phenoxy) is 1. The van der Waals surface area contributed by atoms with Crippen LogP contribution in [0.1, 0.15) is 31.4 Å². The van der Waals surface area contributed by atoms with Gasteiger partial charge in [-0.3, -0.25) is 0 Å². The molecule has 0 fully saturated rings. The third-order valence-electron chi connectivity index (χ3n) is 3.29. The number of hydrogen-bond donors (Lipinski definition) is 3. The van der Waals surface area contributed by atoms with E-state index >= 15 is 0 Å². The fourth-order valence-corrected chi connectivity index (χ4v) is 1.90. The highest BCUT2D eigenvalue weighted by Crippen LogP contribution is 2.16. The van der Waals surface area contributed by atoms with E-state index in [1.807, 2.05) is 32.9 Å². The Kier molecular flexibility index (Phi) is 6.46. The standard InChI is InChI=1S/C16H27NO3/c1-5-16(4,19)11-17-9-14(18)10-20-15-7-12(2)6-13(3)8-15/h6-8,14,17-19H,5,9-11H2,1-4H3. The lowest BCUT2D eigenvalue weighted by molar-refractivity contribution is 0.0476. The first-order valence-electron chi connectivity index (χ1n) is 7.14. The number of aryl methyl sites for hydroxylation is 2. The smallest absolute Gasteiger partial charge is 0.119 e. The topological polar surface area (TPSA) is 61.7 Å². The number of benzene rings is 1. The highest BCUT2D eigenvalue weighted by atomic mass is 16.5. The van der Waals surface area contributed by atoms with Crippen LogP contribution >= 0.6 is 0 Å². The zero-order chi connectivity index (χ0) is 15.2. The highest BCUT2D eigenvalue weighted by Gasteiger charge is 2.17. The Morgan fingerprint density at radius 3 is 2.40 bits per heavy atom. The Labute approximate surface area is 121 Å². The molecule has 1 rings (SSSR count). The van der Waals surface area contributed by atoms with Crippen molar-refractivity contribution in [3.63, 3.8) is 0 Å². The Morgan fingerprint density at radius 2 is 1.85 bits per heavy atom. The van der Waals surface area contributed by atoms with Crippen LogP contribution in [0.3, 0.4) is 0 Å². The molecule has 1 aromatic carbocycles. The van der Waals surface area contributed by atoms with Crippen molar-refractivity contribution in [2.75, 3.05) is 19.7 Å². The molecule has 114 valence electrons. The highest BCUT2D eigenvalue weighted by molar-refractivity contribution is 5.32. The minimum Gasteiger partial charge on any atom is -0.491 e. The molecular weight excluding hydrogens is 254 g/mol. The first kappa shape index (κ1) is 17.0. The van der Waals surface area contributed by atoms with Gasteiger partial charge < -0.3 is 20.3 Å². The van der Waals surface area contributed by atoms with Crippen LogP contribution in [0.2, 0.25) is 0 Å². The average molecular weight is 281 g/mol. The summed E-state index contributed by atoms with van der Waals surface area (Å²) >= 11 is 0. The van der Waals surface area contributed by atoms with E-state index in [4.69, 9.17) is 4.74 Å². The summed E-state index contributed by atoms with van der Waals surface area (Å²) in [6.07, 6.45) is 0.0818. The molecule has 0 aliphatic carbocycles. The van der Waals surface area contributed by atoms with Crippen molar-refractivity contribution in [3.8, 4) is 5.75 Å². The fraction of sp³-hybridized carbons (Fsp3) is 0.625. The van der Waals surface area contributed by atoms with Crippen LogP contribution in [-0.4, -0.2) is 41.6 Å². The summed E-state index contributed by atoms with van der Waals surface area (Å²) in [5, 5.41) is 22.7. The van der Waals surface area contributed by atoms with Gasteiger partial charge in [-0.1, -0.05) is 13.0 Å². The Morgan fingerprint density at radius 1 is 1.25 bits per heavy atom. The maximum Gasteiger partial charge on any atom is 0.119 e. The van der Waals surface area contributed by atoms with E-state index in [2.05, 4.69) is 11.4 Å². The molecule has 2 unspecified atom stereocenters. The molecule has 3 N–H and O–H groups in total. The molecule has 0 radical (unpaired) electrons. The molecular formula is C16H27NO3. The van der Waals surface area contributed by atoms with E-state index in [9.17, 15) is 10.2 Å². The third kappa shape index (κ3) is 6.37. The lowest BCUT2D eigenvalue weighted by Crippen LogP contribution is -2.41. The van der Waals surface area contributed by atoms with E-state index in [1.54, 1.807) is 6.92 Å². The SMILES string of the molecule is CCC(C)(O)CNCC(O)COc1cc(C)cc(C)c1. The van der Waals surface area contributed by atoms with Crippen molar-refractivity contribution in [3.05, 3.63) is 29.3 Å². The molecule has 0 bridgehead atoms. The Balaban J connectivity index is 2.31. The normalized spacial score (nSPS) is 15.7. The second-order valence-electron chi connectivity index (χ2n) is 5.77. The van der Waals surface area contributed by atoms with Crippen LogP contribution in [0.15, 0.2) is 18.2 Å². The predicted octanol–water partition coefficient (Wildman–Crippen LogP) is 1.79. The average Bonchev–Trinajstić information content (AvgIpc) is 2.35.